The minimum Gasteiger partial charge on any atom is -0.494 e. The highest BCUT2D eigenvalue weighted by molar-refractivity contribution is 5.90. The smallest absolute Gasteiger partial charge is 0.221 e. The maximum Gasteiger partial charge on any atom is 0.221 e. The lowest BCUT2D eigenvalue weighted by Gasteiger charge is -2.09. The quantitative estimate of drug-likeness (QED) is 0.775. The van der Waals surface area contributed by atoms with Gasteiger partial charge in [0.1, 0.15) is 5.75 Å². The van der Waals surface area contributed by atoms with E-state index in [-0.39, 0.29) is 11.6 Å². The zero-order chi connectivity index (χ0) is 11.4. The van der Waals surface area contributed by atoms with E-state index in [1.165, 1.54) is 20.1 Å². The summed E-state index contributed by atoms with van der Waals surface area (Å²) in [6.45, 7) is 3.21. The van der Waals surface area contributed by atoms with E-state index in [0.717, 1.165) is 5.56 Å². The lowest BCUT2D eigenvalue weighted by Crippen LogP contribution is -2.07. The molecule has 0 aliphatic heterocycles. The Labute approximate surface area is 87.4 Å². The molecule has 5 nitrogen and oxygen atoms in total. The van der Waals surface area contributed by atoms with Gasteiger partial charge in [-0.05, 0) is 29.8 Å². The second-order valence-electron chi connectivity index (χ2n) is 3.11. The van der Waals surface area contributed by atoms with Crippen molar-refractivity contribution in [3.63, 3.8) is 0 Å². The van der Waals surface area contributed by atoms with Crippen molar-refractivity contribution < 1.29 is 9.53 Å². The number of methoxy groups -OCH3 is 1. The summed E-state index contributed by atoms with van der Waals surface area (Å²) in [5.41, 5.74) is 1.55. The molecule has 1 amide bonds. The van der Waals surface area contributed by atoms with Crippen LogP contribution in [0.1, 0.15) is 12.5 Å². The summed E-state index contributed by atoms with van der Waals surface area (Å²) < 4.78 is 4.97. The number of nitrogens with zero attached hydrogens (tertiary/aromatic N) is 1. The molecule has 0 saturated carbocycles. The van der Waals surface area contributed by atoms with Crippen molar-refractivity contribution in [3.05, 3.63) is 22.6 Å². The maximum absolute atomic E-state index is 10.9. The van der Waals surface area contributed by atoms with Crippen LogP contribution in [0.25, 0.3) is 0 Å². The number of nitroso groups, excluding NO2 is 1. The van der Waals surface area contributed by atoms with Crippen LogP contribution in [0, 0.1) is 11.8 Å². The van der Waals surface area contributed by atoms with Gasteiger partial charge in [-0.3, -0.25) is 4.79 Å². The number of aryl methyl sites for hydroxylation is 1. The molecule has 1 aromatic carbocycles. The zero-order valence-electron chi connectivity index (χ0n) is 8.83. The molecular weight excluding hydrogens is 196 g/mol. The van der Waals surface area contributed by atoms with Crippen LogP contribution in [0.15, 0.2) is 17.3 Å². The molecule has 1 N–H and O–H groups in total. The molecular formula is C10H12N2O3. The van der Waals surface area contributed by atoms with Crippen molar-refractivity contribution in [1.82, 2.24) is 0 Å². The van der Waals surface area contributed by atoms with Crippen molar-refractivity contribution in [2.24, 2.45) is 5.18 Å². The zero-order valence-corrected chi connectivity index (χ0v) is 8.83. The van der Waals surface area contributed by atoms with Gasteiger partial charge in [-0.1, -0.05) is 0 Å². The molecule has 0 aromatic heterocycles. The second-order valence-corrected chi connectivity index (χ2v) is 3.11. The SMILES string of the molecule is COc1cc(C)c(NC(C)=O)cc1N=O. The lowest BCUT2D eigenvalue weighted by atomic mass is 10.1. The van der Waals surface area contributed by atoms with Crippen LogP contribution in [0.3, 0.4) is 0 Å². The van der Waals surface area contributed by atoms with Gasteiger partial charge in [0, 0.05) is 12.6 Å². The number of carbonyl (C=O) groups is 1. The van der Waals surface area contributed by atoms with Gasteiger partial charge in [-0.15, -0.1) is 4.91 Å². The van der Waals surface area contributed by atoms with Crippen molar-refractivity contribution in [2.75, 3.05) is 12.4 Å². The van der Waals surface area contributed by atoms with Crippen molar-refractivity contribution >= 4 is 17.3 Å². The number of ether oxygens (including phenoxy) is 1. The fourth-order valence-electron chi connectivity index (χ4n) is 1.23. The number of nitrogens with one attached hydrogen (secondary N) is 1. The molecule has 1 aromatic rings. The average molecular weight is 208 g/mol. The van der Waals surface area contributed by atoms with Crippen molar-refractivity contribution in [1.29, 1.82) is 0 Å². The Kier molecular flexibility index (Phi) is 3.38. The van der Waals surface area contributed by atoms with Gasteiger partial charge < -0.3 is 10.1 Å². The van der Waals surface area contributed by atoms with E-state index in [1.54, 1.807) is 6.07 Å². The summed E-state index contributed by atoms with van der Waals surface area (Å²) in [5.74, 6) is 0.205. The first-order valence-electron chi connectivity index (χ1n) is 4.38. The van der Waals surface area contributed by atoms with Crippen LogP contribution in [0.5, 0.6) is 5.75 Å². The van der Waals surface area contributed by atoms with E-state index in [0.29, 0.717) is 11.4 Å². The van der Waals surface area contributed by atoms with E-state index in [9.17, 15) is 9.70 Å². The number of carbonyl (C=O) groups excluding carboxylic acids is 1. The van der Waals surface area contributed by atoms with Gasteiger partial charge in [-0.2, -0.15) is 0 Å². The van der Waals surface area contributed by atoms with E-state index in [1.807, 2.05) is 6.92 Å². The Morgan fingerprint density at radius 2 is 2.13 bits per heavy atom. The third-order valence-electron chi connectivity index (χ3n) is 1.93. The number of hydrogen-bond donors (Lipinski definition) is 1. The Bertz CT molecular complexity index is 402. The molecule has 0 saturated heterocycles. The van der Waals surface area contributed by atoms with Crippen molar-refractivity contribution in [3.8, 4) is 5.75 Å². The number of benzene rings is 1. The Morgan fingerprint density at radius 3 is 2.60 bits per heavy atom. The number of rotatable bonds is 3. The molecule has 0 radical (unpaired) electrons. The molecule has 1 rings (SSSR count). The summed E-state index contributed by atoms with van der Waals surface area (Å²) in [7, 11) is 1.46. The summed E-state index contributed by atoms with van der Waals surface area (Å²) in [6.07, 6.45) is 0. The first-order valence-corrected chi connectivity index (χ1v) is 4.38. The summed E-state index contributed by atoms with van der Waals surface area (Å²) >= 11 is 0. The van der Waals surface area contributed by atoms with Crippen LogP contribution in [0.2, 0.25) is 0 Å². The van der Waals surface area contributed by atoms with Crippen LogP contribution in [-0.4, -0.2) is 13.0 Å². The fraction of sp³-hybridized carbons (Fsp3) is 0.300. The van der Waals surface area contributed by atoms with Gasteiger partial charge in [-0.25, -0.2) is 0 Å². The predicted molar refractivity (Wildman–Crippen MR) is 57.5 cm³/mol. The summed E-state index contributed by atoms with van der Waals surface area (Å²) in [5, 5.41) is 5.43. The minimum absolute atomic E-state index is 0.173. The van der Waals surface area contributed by atoms with E-state index in [2.05, 4.69) is 10.5 Å². The Hall–Kier alpha value is -1.91. The van der Waals surface area contributed by atoms with Gasteiger partial charge in [0.05, 0.1) is 7.11 Å². The van der Waals surface area contributed by atoms with Crippen LogP contribution in [0.4, 0.5) is 11.4 Å². The highest BCUT2D eigenvalue weighted by atomic mass is 16.5. The second kappa shape index (κ2) is 4.54. The Balaban J connectivity index is 3.19. The lowest BCUT2D eigenvalue weighted by molar-refractivity contribution is -0.114. The van der Waals surface area contributed by atoms with Crippen LogP contribution < -0.4 is 10.1 Å². The normalized spacial score (nSPS) is 9.53. The molecule has 0 atom stereocenters. The van der Waals surface area contributed by atoms with Gasteiger partial charge in [0.25, 0.3) is 0 Å². The van der Waals surface area contributed by atoms with E-state index in [4.69, 9.17) is 4.74 Å². The van der Waals surface area contributed by atoms with Gasteiger partial charge in [0.15, 0.2) is 5.69 Å². The van der Waals surface area contributed by atoms with Crippen molar-refractivity contribution in [2.45, 2.75) is 13.8 Å². The molecule has 0 aliphatic carbocycles. The average Bonchev–Trinajstić information content (AvgIpc) is 2.19. The highest BCUT2D eigenvalue weighted by Crippen LogP contribution is 2.33. The molecule has 5 heteroatoms. The Morgan fingerprint density at radius 1 is 1.47 bits per heavy atom. The monoisotopic (exact) mass is 208 g/mol. The molecule has 0 unspecified atom stereocenters. The number of amides is 1. The number of anilines is 1. The molecule has 0 aliphatic rings. The highest BCUT2D eigenvalue weighted by Gasteiger charge is 2.09. The van der Waals surface area contributed by atoms with Gasteiger partial charge in [0.2, 0.25) is 5.91 Å². The summed E-state index contributed by atoms with van der Waals surface area (Å²) in [4.78, 5) is 21.4. The summed E-state index contributed by atoms with van der Waals surface area (Å²) in [6, 6.07) is 3.14. The standard InChI is InChI=1S/C10H12N2O3/c1-6-4-10(15-3)9(12-14)5-8(6)11-7(2)13/h4-5H,1-3H3,(H,11,13). The number of hydrogen-bond acceptors (Lipinski definition) is 4. The van der Waals surface area contributed by atoms with Crippen LogP contribution >= 0.6 is 0 Å². The molecule has 0 fully saturated rings. The maximum atomic E-state index is 10.9. The molecule has 0 spiro atoms. The largest absolute Gasteiger partial charge is 0.494 e. The van der Waals surface area contributed by atoms with Gasteiger partial charge >= 0.3 is 0 Å². The fourth-order valence-corrected chi connectivity index (χ4v) is 1.23. The minimum atomic E-state index is -0.194. The first-order chi connectivity index (χ1) is 7.08. The topological polar surface area (TPSA) is 67.8 Å². The molecule has 0 bridgehead atoms. The van der Waals surface area contributed by atoms with E-state index < -0.39 is 0 Å². The molecule has 80 valence electrons. The molecule has 0 heterocycles. The van der Waals surface area contributed by atoms with E-state index >= 15 is 0 Å². The first kappa shape index (κ1) is 11.2. The molecule has 15 heavy (non-hydrogen) atoms. The predicted octanol–water partition coefficient (Wildman–Crippen LogP) is 2.36. The third-order valence-corrected chi connectivity index (χ3v) is 1.93. The van der Waals surface area contributed by atoms with Crippen LogP contribution in [-0.2, 0) is 4.79 Å². The third kappa shape index (κ3) is 2.52.